The standard InChI is InChI=1S/C45H59ClF3N7O7/c46-36-27-30(26-35(41(36)50)45(47,48)49)28-38(63-44(61)55-23-13-34(14-24-55)56-25-12-33-6-2-3-7-37(33)51-43(56)60)42(59)54-21-10-32(11-22-54)31-8-18-52(19-9-31)20-15-40(58)62-29-39(57)53-16-4-1-5-17-53/h2-3,6-7,26-27,31-32,34,38H,1,4-5,8-25,28-29,50H2,(H,51,60). The Kier molecular flexibility index (Phi) is 15.3. The van der Waals surface area contributed by atoms with Gasteiger partial charge in [0.1, 0.15) is 0 Å². The molecule has 4 saturated heterocycles. The maximum absolute atomic E-state index is 14.2. The number of hydrogen-bond acceptors (Lipinski definition) is 9. The molecule has 0 radical (unpaired) electrons. The molecule has 5 amide bonds. The van der Waals surface area contributed by atoms with E-state index >= 15 is 0 Å². The highest BCUT2D eigenvalue weighted by Crippen LogP contribution is 2.39. The van der Waals surface area contributed by atoms with Crippen molar-refractivity contribution in [3.8, 4) is 0 Å². The number of piperidine rings is 4. The van der Waals surface area contributed by atoms with Crippen LogP contribution in [0.4, 0.5) is 34.1 Å². The summed E-state index contributed by atoms with van der Waals surface area (Å²) < 4.78 is 53.0. The molecule has 5 aliphatic rings. The van der Waals surface area contributed by atoms with Gasteiger partial charge in [-0.05, 0) is 118 Å². The highest BCUT2D eigenvalue weighted by molar-refractivity contribution is 6.33. The van der Waals surface area contributed by atoms with Crippen molar-refractivity contribution in [1.82, 2.24) is 24.5 Å². The number of urea groups is 1. The maximum atomic E-state index is 14.2. The van der Waals surface area contributed by atoms with Gasteiger partial charge in [0.25, 0.3) is 11.8 Å². The zero-order chi connectivity index (χ0) is 44.7. The van der Waals surface area contributed by atoms with E-state index in [1.165, 1.54) is 11.0 Å². The fraction of sp³-hybridized carbons (Fsp3) is 0.622. The van der Waals surface area contributed by atoms with Gasteiger partial charge in [-0.2, -0.15) is 13.2 Å². The number of alkyl halides is 3. The van der Waals surface area contributed by atoms with E-state index in [-0.39, 0.29) is 67.1 Å². The first kappa shape index (κ1) is 46.2. The Labute approximate surface area is 371 Å². The van der Waals surface area contributed by atoms with Gasteiger partial charge < -0.3 is 45.0 Å². The van der Waals surface area contributed by atoms with Crippen LogP contribution in [0.3, 0.4) is 0 Å². The number of nitrogens with zero attached hydrogens (tertiary/aromatic N) is 5. The number of anilines is 2. The summed E-state index contributed by atoms with van der Waals surface area (Å²) in [6.07, 6.45) is 0.973. The maximum Gasteiger partial charge on any atom is 0.418 e. The Balaban J connectivity index is 0.911. The van der Waals surface area contributed by atoms with Crippen LogP contribution in [0.25, 0.3) is 0 Å². The number of carbonyl (C=O) groups is 5. The van der Waals surface area contributed by atoms with Crippen LogP contribution >= 0.6 is 11.6 Å². The second kappa shape index (κ2) is 20.8. The molecular weight excluding hydrogens is 843 g/mol. The van der Waals surface area contributed by atoms with Crippen molar-refractivity contribution in [3.63, 3.8) is 0 Å². The van der Waals surface area contributed by atoms with Gasteiger partial charge in [-0.15, -0.1) is 0 Å². The third-order valence-corrected chi connectivity index (χ3v) is 13.9. The molecule has 1 atom stereocenters. The van der Waals surface area contributed by atoms with Crippen LogP contribution in [-0.4, -0.2) is 139 Å². The second-order valence-corrected chi connectivity index (χ2v) is 18.0. The smallest absolute Gasteiger partial charge is 0.418 e. The molecule has 0 bridgehead atoms. The minimum atomic E-state index is -4.80. The largest absolute Gasteiger partial charge is 0.456 e. The lowest BCUT2D eigenvalue weighted by atomic mass is 9.78. The number of halogens is 4. The number of para-hydroxylation sites is 1. The Morgan fingerprint density at radius 1 is 0.825 bits per heavy atom. The number of carbonyl (C=O) groups excluding carboxylic acids is 5. The van der Waals surface area contributed by atoms with Crippen molar-refractivity contribution < 1.29 is 46.6 Å². The zero-order valence-corrected chi connectivity index (χ0v) is 36.5. The molecule has 3 N–H and O–H groups in total. The van der Waals surface area contributed by atoms with Gasteiger partial charge in [0.2, 0.25) is 0 Å². The van der Waals surface area contributed by atoms with Crippen molar-refractivity contribution in [2.45, 2.75) is 95.4 Å². The Hall–Kier alpha value is -4.77. The van der Waals surface area contributed by atoms with Gasteiger partial charge >= 0.3 is 24.3 Å². The molecule has 7 rings (SSSR count). The quantitative estimate of drug-likeness (QED) is 0.191. The van der Waals surface area contributed by atoms with E-state index in [2.05, 4.69) is 10.2 Å². The Bertz CT molecular complexity index is 1960. The first-order valence-corrected chi connectivity index (χ1v) is 22.8. The van der Waals surface area contributed by atoms with Crippen molar-refractivity contribution in [2.24, 2.45) is 11.8 Å². The fourth-order valence-electron chi connectivity index (χ4n) is 9.86. The monoisotopic (exact) mass is 901 g/mol. The summed E-state index contributed by atoms with van der Waals surface area (Å²) in [4.78, 5) is 74.8. The molecule has 18 heteroatoms. The van der Waals surface area contributed by atoms with Crippen molar-refractivity contribution in [2.75, 3.05) is 83.1 Å². The molecule has 0 aliphatic carbocycles. The number of rotatable bonds is 11. The van der Waals surface area contributed by atoms with Crippen LogP contribution in [-0.2, 0) is 42.9 Å². The molecule has 0 saturated carbocycles. The van der Waals surface area contributed by atoms with Gasteiger partial charge in [-0.3, -0.25) is 14.4 Å². The van der Waals surface area contributed by atoms with E-state index in [4.69, 9.17) is 26.8 Å². The molecule has 14 nitrogen and oxygen atoms in total. The molecular formula is C45H59ClF3N7O7. The first-order chi connectivity index (χ1) is 30.2. The lowest BCUT2D eigenvalue weighted by Crippen LogP contribution is -2.52. The van der Waals surface area contributed by atoms with E-state index in [1.54, 1.807) is 14.7 Å². The molecule has 63 heavy (non-hydrogen) atoms. The van der Waals surface area contributed by atoms with Crippen LogP contribution in [0.1, 0.15) is 80.9 Å². The minimum absolute atomic E-state index is 0.0559. The predicted molar refractivity (Wildman–Crippen MR) is 230 cm³/mol. The van der Waals surface area contributed by atoms with Crippen LogP contribution < -0.4 is 11.1 Å². The molecule has 5 aliphatic heterocycles. The number of ether oxygens (including phenoxy) is 2. The van der Waals surface area contributed by atoms with E-state index in [9.17, 15) is 37.1 Å². The van der Waals surface area contributed by atoms with Gasteiger partial charge in [0.15, 0.2) is 12.7 Å². The molecule has 0 spiro atoms. The Morgan fingerprint density at radius 3 is 2.16 bits per heavy atom. The number of likely N-dealkylation sites (tertiary alicyclic amines) is 4. The topological polar surface area (TPSA) is 158 Å². The van der Waals surface area contributed by atoms with Crippen molar-refractivity contribution >= 4 is 52.9 Å². The first-order valence-electron chi connectivity index (χ1n) is 22.4. The highest BCUT2D eigenvalue weighted by Gasteiger charge is 2.39. The number of esters is 1. The number of nitrogens with two attached hydrogens (primary N) is 1. The summed E-state index contributed by atoms with van der Waals surface area (Å²) in [5.74, 6) is -0.218. The second-order valence-electron chi connectivity index (χ2n) is 17.6. The van der Waals surface area contributed by atoms with E-state index < -0.39 is 35.5 Å². The molecule has 4 fully saturated rings. The number of nitrogens with one attached hydrogen (secondary N) is 1. The summed E-state index contributed by atoms with van der Waals surface area (Å²) in [6, 6.07) is 9.47. The van der Waals surface area contributed by atoms with Crippen LogP contribution in [0.5, 0.6) is 0 Å². The molecule has 2 aromatic carbocycles. The summed E-state index contributed by atoms with van der Waals surface area (Å²) in [6.45, 7) is 5.29. The van der Waals surface area contributed by atoms with Gasteiger partial charge in [-0.1, -0.05) is 29.8 Å². The van der Waals surface area contributed by atoms with Crippen LogP contribution in [0, 0.1) is 11.8 Å². The fourth-order valence-corrected chi connectivity index (χ4v) is 10.1. The molecule has 0 aromatic heterocycles. The zero-order valence-electron chi connectivity index (χ0n) is 35.7. The van der Waals surface area contributed by atoms with E-state index in [1.807, 2.05) is 24.3 Å². The van der Waals surface area contributed by atoms with Gasteiger partial charge in [-0.25, -0.2) is 9.59 Å². The van der Waals surface area contributed by atoms with E-state index in [0.717, 1.165) is 75.4 Å². The molecule has 2 aromatic rings. The number of amides is 5. The number of benzene rings is 2. The lowest BCUT2D eigenvalue weighted by Gasteiger charge is -2.41. The average molecular weight is 902 g/mol. The predicted octanol–water partition coefficient (Wildman–Crippen LogP) is 6.44. The third-order valence-electron chi connectivity index (χ3n) is 13.6. The molecule has 344 valence electrons. The average Bonchev–Trinajstić information content (AvgIpc) is 3.46. The summed E-state index contributed by atoms with van der Waals surface area (Å²) >= 11 is 6.16. The summed E-state index contributed by atoms with van der Waals surface area (Å²) in [7, 11) is 0. The number of nitrogen functional groups attached to an aromatic ring is 1. The third kappa shape index (κ3) is 11.9. The Morgan fingerprint density at radius 2 is 1.48 bits per heavy atom. The van der Waals surface area contributed by atoms with Crippen LogP contribution in [0.2, 0.25) is 5.02 Å². The van der Waals surface area contributed by atoms with E-state index in [0.29, 0.717) is 70.4 Å². The normalized spacial score (nSPS) is 20.4. The highest BCUT2D eigenvalue weighted by atomic mass is 35.5. The van der Waals surface area contributed by atoms with Crippen LogP contribution in [0.15, 0.2) is 36.4 Å². The summed E-state index contributed by atoms with van der Waals surface area (Å²) in [5.41, 5.74) is 5.83. The minimum Gasteiger partial charge on any atom is -0.456 e. The van der Waals surface area contributed by atoms with Crippen molar-refractivity contribution in [1.29, 1.82) is 0 Å². The lowest BCUT2D eigenvalue weighted by molar-refractivity contribution is -0.152. The van der Waals surface area contributed by atoms with Crippen molar-refractivity contribution in [3.05, 3.63) is 58.1 Å². The molecule has 5 heterocycles. The molecule has 1 unspecified atom stereocenters. The SMILES string of the molecule is Nc1c(Cl)cc(CC(OC(=O)N2CCC(N3CCc4ccccc4NC3=O)CC2)C(=O)N2CCC(C3CCN(CCC(=O)OCC(=O)N4CCCCC4)CC3)CC2)cc1C(F)(F)F. The summed E-state index contributed by atoms with van der Waals surface area (Å²) in [5, 5.41) is 2.68. The van der Waals surface area contributed by atoms with Gasteiger partial charge in [0, 0.05) is 70.5 Å². The number of hydrogen-bond donors (Lipinski definition) is 2. The van der Waals surface area contributed by atoms with Gasteiger partial charge in [0.05, 0.1) is 22.7 Å². The number of fused-ring (bicyclic) bond motifs is 1.